The maximum atomic E-state index is 13.7. The van der Waals surface area contributed by atoms with Crippen molar-refractivity contribution in [2.24, 2.45) is 0 Å². The minimum Gasteiger partial charge on any atom is -0.460 e. The van der Waals surface area contributed by atoms with Crippen LogP contribution in [0.5, 0.6) is 0 Å². The van der Waals surface area contributed by atoms with E-state index in [0.717, 1.165) is 92.2 Å². The fourth-order valence-corrected chi connectivity index (χ4v) is 8.83. The van der Waals surface area contributed by atoms with Crippen molar-refractivity contribution in [1.29, 1.82) is 0 Å². The van der Waals surface area contributed by atoms with Crippen LogP contribution in [-0.4, -0.2) is 63.0 Å². The summed E-state index contributed by atoms with van der Waals surface area (Å²) in [6.07, 6.45) is 8.11. The predicted octanol–water partition coefficient (Wildman–Crippen LogP) is 6.27. The fraction of sp³-hybridized carbons (Fsp3) is 0.529. The van der Waals surface area contributed by atoms with E-state index < -0.39 is 11.6 Å². The molecule has 0 bridgehead atoms. The van der Waals surface area contributed by atoms with E-state index in [1.165, 1.54) is 33.8 Å². The molecule has 0 radical (unpaired) electrons. The first-order valence-electron chi connectivity index (χ1n) is 15.7. The summed E-state index contributed by atoms with van der Waals surface area (Å²) in [4.78, 5) is 30.0. The molecular weight excluding hydrogens is 593 g/mol. The van der Waals surface area contributed by atoms with Gasteiger partial charge in [-0.25, -0.2) is 9.48 Å². The van der Waals surface area contributed by atoms with Crippen molar-refractivity contribution < 1.29 is 19.4 Å². The van der Waals surface area contributed by atoms with Gasteiger partial charge in [0.25, 0.3) is 0 Å². The van der Waals surface area contributed by atoms with Crippen molar-refractivity contribution in [3.05, 3.63) is 67.0 Å². The SMILES string of the molecule is CN(CCCn1nnc2cc(C=O)c3c(c21)CCC3)[C@H]1CC[C@H](OC(=O)[C@](O)(c2cccs2)c2ccc(C(C)(C)C)s2)CC1. The molecule has 3 heterocycles. The zero-order chi connectivity index (χ0) is 31.1. The topological polar surface area (TPSA) is 97.5 Å². The normalized spacial score (nSPS) is 20.1. The number of thiophene rings is 2. The van der Waals surface area contributed by atoms with Crippen LogP contribution in [0.4, 0.5) is 0 Å². The van der Waals surface area contributed by atoms with Gasteiger partial charge in [0.1, 0.15) is 17.9 Å². The van der Waals surface area contributed by atoms with E-state index in [2.05, 4.69) is 43.0 Å². The minimum absolute atomic E-state index is 0.0716. The summed E-state index contributed by atoms with van der Waals surface area (Å²) < 4.78 is 8.07. The maximum Gasteiger partial charge on any atom is 0.349 e. The van der Waals surface area contributed by atoms with Crippen molar-refractivity contribution in [2.45, 2.75) is 102 Å². The third-order valence-electron chi connectivity index (χ3n) is 9.33. The van der Waals surface area contributed by atoms with Crippen LogP contribution in [0, 0.1) is 0 Å². The number of aldehydes is 1. The molecule has 234 valence electrons. The molecule has 2 aliphatic carbocycles. The van der Waals surface area contributed by atoms with Gasteiger partial charge in [0, 0.05) is 23.0 Å². The lowest BCUT2D eigenvalue weighted by Crippen LogP contribution is -2.42. The molecule has 44 heavy (non-hydrogen) atoms. The highest BCUT2D eigenvalue weighted by Gasteiger charge is 2.45. The lowest BCUT2D eigenvalue weighted by molar-refractivity contribution is -0.169. The van der Waals surface area contributed by atoms with Gasteiger partial charge in [0.2, 0.25) is 5.60 Å². The highest BCUT2D eigenvalue weighted by molar-refractivity contribution is 7.13. The Labute approximate surface area is 267 Å². The van der Waals surface area contributed by atoms with E-state index in [1.807, 2.05) is 40.4 Å². The smallest absolute Gasteiger partial charge is 0.349 e. The lowest BCUT2D eigenvalue weighted by Gasteiger charge is -2.35. The van der Waals surface area contributed by atoms with E-state index >= 15 is 0 Å². The molecule has 0 aliphatic heterocycles. The Morgan fingerprint density at radius 3 is 2.55 bits per heavy atom. The monoisotopic (exact) mass is 634 g/mol. The van der Waals surface area contributed by atoms with E-state index in [9.17, 15) is 14.7 Å². The van der Waals surface area contributed by atoms with Gasteiger partial charge in [-0.05, 0) is 111 Å². The molecule has 0 spiro atoms. The van der Waals surface area contributed by atoms with E-state index in [1.54, 1.807) is 0 Å². The van der Waals surface area contributed by atoms with Gasteiger partial charge in [-0.3, -0.25) is 4.79 Å². The molecule has 6 rings (SSSR count). The largest absolute Gasteiger partial charge is 0.460 e. The minimum atomic E-state index is -1.80. The Morgan fingerprint density at radius 2 is 1.86 bits per heavy atom. The second-order valence-electron chi connectivity index (χ2n) is 13.3. The zero-order valence-corrected chi connectivity index (χ0v) is 27.7. The molecule has 0 saturated heterocycles. The summed E-state index contributed by atoms with van der Waals surface area (Å²) in [6.45, 7) is 8.11. The first kappa shape index (κ1) is 31.1. The number of hydrogen-bond acceptors (Lipinski definition) is 9. The molecule has 4 aromatic rings. The van der Waals surface area contributed by atoms with Crippen LogP contribution in [0.15, 0.2) is 35.7 Å². The van der Waals surface area contributed by atoms with E-state index in [-0.39, 0.29) is 11.5 Å². The highest BCUT2D eigenvalue weighted by atomic mass is 32.1. The number of nitrogens with zero attached hydrogens (tertiary/aromatic N) is 4. The van der Waals surface area contributed by atoms with Crippen LogP contribution in [0.1, 0.15) is 95.4 Å². The summed E-state index contributed by atoms with van der Waals surface area (Å²) in [7, 11) is 2.17. The van der Waals surface area contributed by atoms with Crippen LogP contribution in [0.2, 0.25) is 0 Å². The van der Waals surface area contributed by atoms with Crippen LogP contribution < -0.4 is 0 Å². The zero-order valence-electron chi connectivity index (χ0n) is 26.0. The quantitative estimate of drug-likeness (QED) is 0.162. The summed E-state index contributed by atoms with van der Waals surface area (Å²) in [5, 5.41) is 22.6. The first-order chi connectivity index (χ1) is 21.1. The number of aromatic nitrogens is 3. The predicted molar refractivity (Wildman–Crippen MR) is 175 cm³/mol. The average molecular weight is 635 g/mol. The Morgan fingerprint density at radius 1 is 1.11 bits per heavy atom. The molecular formula is C34H42N4O4S2. The number of carbonyl (C=O) groups is 2. The number of carbonyl (C=O) groups excluding carboxylic acids is 2. The van der Waals surface area contributed by atoms with Crippen molar-refractivity contribution in [3.63, 3.8) is 0 Å². The van der Waals surface area contributed by atoms with Gasteiger partial charge in [0.05, 0.1) is 15.3 Å². The summed E-state index contributed by atoms with van der Waals surface area (Å²) in [5.74, 6) is -0.578. The standard InChI is InChI=1S/C34H42N4O4S2/c1-33(2,3)28-15-16-30(44-28)34(41,29-10-6-19-43-29)32(40)42-24-13-11-23(12-14-24)37(4)17-7-18-38-31-26-9-5-8-25(26)22(21-39)20-27(31)35-36-38/h6,10,15-16,19-21,23-24,41H,5,7-9,11-14,17-18H2,1-4H3/t23-,24-,34-/m0/s1. The van der Waals surface area contributed by atoms with Gasteiger partial charge in [-0.1, -0.05) is 32.1 Å². The number of ether oxygens (including phenoxy) is 1. The van der Waals surface area contributed by atoms with Crippen LogP contribution in [-0.2, 0) is 39.9 Å². The number of fused-ring (bicyclic) bond motifs is 3. The summed E-state index contributed by atoms with van der Waals surface area (Å²) in [5.41, 5.74) is 3.21. The Bertz CT molecular complexity index is 1630. The van der Waals surface area contributed by atoms with Gasteiger partial charge < -0.3 is 14.7 Å². The molecule has 3 aromatic heterocycles. The van der Waals surface area contributed by atoms with Crippen LogP contribution in [0.25, 0.3) is 11.0 Å². The second-order valence-corrected chi connectivity index (χ2v) is 15.4. The molecule has 10 heteroatoms. The highest BCUT2D eigenvalue weighted by Crippen LogP contribution is 2.41. The van der Waals surface area contributed by atoms with Gasteiger partial charge >= 0.3 is 5.97 Å². The number of aliphatic hydroxyl groups is 1. The van der Waals surface area contributed by atoms with Crippen molar-refractivity contribution >= 4 is 46.0 Å². The second kappa shape index (κ2) is 12.5. The Hall–Kier alpha value is -2.92. The lowest BCUT2D eigenvalue weighted by atomic mass is 9.91. The number of rotatable bonds is 10. The van der Waals surface area contributed by atoms with Crippen LogP contribution >= 0.6 is 22.7 Å². The molecule has 0 amide bonds. The summed E-state index contributed by atoms with van der Waals surface area (Å²) >= 11 is 2.85. The first-order valence-corrected chi connectivity index (χ1v) is 17.4. The van der Waals surface area contributed by atoms with Crippen molar-refractivity contribution in [2.75, 3.05) is 13.6 Å². The van der Waals surface area contributed by atoms with E-state index in [0.29, 0.717) is 15.8 Å². The molecule has 8 nitrogen and oxygen atoms in total. The van der Waals surface area contributed by atoms with E-state index in [4.69, 9.17) is 4.74 Å². The van der Waals surface area contributed by atoms with Gasteiger partial charge in [-0.15, -0.1) is 27.8 Å². The maximum absolute atomic E-state index is 13.7. The van der Waals surface area contributed by atoms with Crippen molar-refractivity contribution in [1.82, 2.24) is 19.9 Å². The molecule has 2 aliphatic rings. The molecule has 1 N–H and O–H groups in total. The number of aryl methyl sites for hydroxylation is 2. The van der Waals surface area contributed by atoms with Crippen molar-refractivity contribution in [3.8, 4) is 0 Å². The Kier molecular flexibility index (Phi) is 8.80. The fourth-order valence-electron chi connectivity index (χ4n) is 6.79. The molecule has 1 aromatic carbocycles. The summed E-state index contributed by atoms with van der Waals surface area (Å²) in [6, 6.07) is 9.85. The molecule has 0 unspecified atom stereocenters. The molecule has 1 atom stereocenters. The van der Waals surface area contributed by atoms with Crippen LogP contribution in [0.3, 0.4) is 0 Å². The van der Waals surface area contributed by atoms with Gasteiger partial charge in [0.15, 0.2) is 0 Å². The number of esters is 1. The average Bonchev–Trinajstić information content (AvgIpc) is 3.83. The third kappa shape index (κ3) is 5.89. The number of hydrogen-bond donors (Lipinski definition) is 1. The third-order valence-corrected chi connectivity index (χ3v) is 11.9. The Balaban J connectivity index is 1.04. The number of benzene rings is 1. The van der Waals surface area contributed by atoms with Gasteiger partial charge in [-0.2, -0.15) is 0 Å². The molecule has 1 saturated carbocycles. The molecule has 1 fully saturated rings.